The van der Waals surface area contributed by atoms with Crippen LogP contribution in [0.1, 0.15) is 23.7 Å². The summed E-state index contributed by atoms with van der Waals surface area (Å²) in [6, 6.07) is 6.55. The predicted molar refractivity (Wildman–Crippen MR) is 70.2 cm³/mol. The van der Waals surface area contributed by atoms with Gasteiger partial charge in [0.05, 0.1) is 5.52 Å². The van der Waals surface area contributed by atoms with E-state index in [9.17, 15) is 0 Å². The third-order valence-electron chi connectivity index (χ3n) is 3.21. The fraction of sp³-hybridized carbons (Fsp3) is 0.357. The maximum Gasteiger partial charge on any atom is 0.0716 e. The van der Waals surface area contributed by atoms with Gasteiger partial charge >= 0.3 is 0 Å². The minimum Gasteiger partial charge on any atom is -0.253 e. The Morgan fingerprint density at radius 2 is 2.12 bits per heavy atom. The molecule has 1 aliphatic heterocycles. The van der Waals surface area contributed by atoms with Crippen LogP contribution in [0.3, 0.4) is 0 Å². The van der Waals surface area contributed by atoms with Gasteiger partial charge in [-0.05, 0) is 38.0 Å². The average Bonchev–Trinajstić information content (AvgIpc) is 2.62. The normalized spacial score (nSPS) is 19.1. The van der Waals surface area contributed by atoms with Crippen molar-refractivity contribution in [3.8, 4) is 0 Å². The lowest BCUT2D eigenvalue weighted by atomic mass is 10.0. The molecule has 2 heterocycles. The second kappa shape index (κ2) is 3.49. The highest BCUT2D eigenvalue weighted by atomic mass is 32.2. The Labute approximate surface area is 100 Å². The molecule has 0 spiro atoms. The van der Waals surface area contributed by atoms with Gasteiger partial charge in [0.15, 0.2) is 0 Å². The van der Waals surface area contributed by atoms with Crippen molar-refractivity contribution in [2.45, 2.75) is 37.3 Å². The van der Waals surface area contributed by atoms with Crippen LogP contribution in [-0.2, 0) is 6.42 Å². The molecule has 0 amide bonds. The van der Waals surface area contributed by atoms with Gasteiger partial charge in [-0.3, -0.25) is 4.98 Å². The Balaban J connectivity index is 2.38. The molecule has 0 fully saturated rings. The lowest BCUT2D eigenvalue weighted by molar-refractivity contribution is 0.936. The molecule has 0 saturated heterocycles. The first-order valence-corrected chi connectivity index (χ1v) is 6.59. The molecule has 0 radical (unpaired) electrons. The van der Waals surface area contributed by atoms with Crippen molar-refractivity contribution in [2.75, 3.05) is 0 Å². The Morgan fingerprint density at radius 3 is 2.94 bits per heavy atom. The highest BCUT2D eigenvalue weighted by molar-refractivity contribution is 8.00. The summed E-state index contributed by atoms with van der Waals surface area (Å²) in [6.45, 7) is 6.58. The summed E-state index contributed by atoms with van der Waals surface area (Å²) in [5.74, 6) is 0. The van der Waals surface area contributed by atoms with Crippen molar-refractivity contribution in [1.82, 2.24) is 4.98 Å². The van der Waals surface area contributed by atoms with Crippen LogP contribution in [0.5, 0.6) is 0 Å². The number of rotatable bonds is 0. The molecule has 82 valence electrons. The zero-order chi connectivity index (χ0) is 11.3. The van der Waals surface area contributed by atoms with E-state index in [0.29, 0.717) is 5.25 Å². The summed E-state index contributed by atoms with van der Waals surface area (Å²) in [4.78, 5) is 6.18. The second-order valence-corrected chi connectivity index (χ2v) is 6.11. The first-order valence-electron chi connectivity index (χ1n) is 5.71. The quantitative estimate of drug-likeness (QED) is 0.679. The number of aryl methyl sites for hydroxylation is 2. The molecule has 2 heteroatoms. The summed E-state index contributed by atoms with van der Waals surface area (Å²) in [6.07, 6.45) is 1.17. The summed E-state index contributed by atoms with van der Waals surface area (Å²) in [5, 5.41) is 2.04. The largest absolute Gasteiger partial charge is 0.253 e. The molecule has 0 aliphatic carbocycles. The van der Waals surface area contributed by atoms with E-state index in [1.165, 1.54) is 33.5 Å². The highest BCUT2D eigenvalue weighted by Crippen LogP contribution is 2.42. The van der Waals surface area contributed by atoms with Crippen LogP contribution in [0.2, 0.25) is 0 Å². The van der Waals surface area contributed by atoms with E-state index in [4.69, 9.17) is 4.98 Å². The lowest BCUT2D eigenvalue weighted by Gasteiger charge is -2.07. The fourth-order valence-corrected chi connectivity index (χ4v) is 3.73. The van der Waals surface area contributed by atoms with Gasteiger partial charge in [0.2, 0.25) is 0 Å². The number of thioether (sulfide) groups is 1. The summed E-state index contributed by atoms with van der Waals surface area (Å²) < 4.78 is 0. The van der Waals surface area contributed by atoms with Gasteiger partial charge in [0, 0.05) is 21.2 Å². The van der Waals surface area contributed by atoms with E-state index in [1.807, 2.05) is 11.8 Å². The molecule has 1 atom stereocenters. The molecular formula is C14H15NS. The Bertz CT molecular complexity index is 574. The van der Waals surface area contributed by atoms with Gasteiger partial charge in [-0.2, -0.15) is 0 Å². The van der Waals surface area contributed by atoms with Gasteiger partial charge in [-0.15, -0.1) is 11.8 Å². The Hall–Kier alpha value is -1.02. The van der Waals surface area contributed by atoms with Crippen LogP contribution < -0.4 is 0 Å². The first-order chi connectivity index (χ1) is 7.65. The molecule has 0 N–H and O–H groups in total. The average molecular weight is 229 g/mol. The highest BCUT2D eigenvalue weighted by Gasteiger charge is 2.23. The first kappa shape index (κ1) is 10.2. The third-order valence-corrected chi connectivity index (χ3v) is 4.48. The van der Waals surface area contributed by atoms with Gasteiger partial charge < -0.3 is 0 Å². The fourth-order valence-electron chi connectivity index (χ4n) is 2.41. The molecule has 16 heavy (non-hydrogen) atoms. The molecule has 0 bridgehead atoms. The molecule has 2 aromatic rings. The second-order valence-electron chi connectivity index (χ2n) is 4.66. The van der Waals surface area contributed by atoms with Crippen LogP contribution in [0, 0.1) is 13.8 Å². The molecule has 0 saturated carbocycles. The zero-order valence-electron chi connectivity index (χ0n) is 9.87. The van der Waals surface area contributed by atoms with Crippen molar-refractivity contribution in [3.63, 3.8) is 0 Å². The van der Waals surface area contributed by atoms with Crippen LogP contribution in [0.25, 0.3) is 10.9 Å². The maximum absolute atomic E-state index is 4.71. The maximum atomic E-state index is 4.71. The minimum atomic E-state index is 0.696. The number of fused-ring (bicyclic) bond motifs is 3. The van der Waals surface area contributed by atoms with Crippen LogP contribution in [-0.4, -0.2) is 10.2 Å². The zero-order valence-corrected chi connectivity index (χ0v) is 10.7. The van der Waals surface area contributed by atoms with Gasteiger partial charge in [0.1, 0.15) is 0 Å². The van der Waals surface area contributed by atoms with E-state index in [0.717, 1.165) is 5.52 Å². The number of nitrogens with zero attached hydrogens (tertiary/aromatic N) is 1. The Morgan fingerprint density at radius 1 is 1.31 bits per heavy atom. The lowest BCUT2D eigenvalue weighted by Crippen LogP contribution is -1.96. The summed E-state index contributed by atoms with van der Waals surface area (Å²) in [7, 11) is 0. The SMILES string of the molecule is Cc1ccc2nc(C)c3c(c2c1)S[C@H](C)C3. The minimum absolute atomic E-state index is 0.696. The Kier molecular flexibility index (Phi) is 2.21. The van der Waals surface area contributed by atoms with Crippen molar-refractivity contribution >= 4 is 22.7 Å². The number of hydrogen-bond donors (Lipinski definition) is 0. The number of pyridine rings is 1. The number of hydrogen-bond acceptors (Lipinski definition) is 2. The molecule has 1 nitrogen and oxygen atoms in total. The van der Waals surface area contributed by atoms with E-state index >= 15 is 0 Å². The van der Waals surface area contributed by atoms with Crippen molar-refractivity contribution in [3.05, 3.63) is 35.0 Å². The van der Waals surface area contributed by atoms with E-state index < -0.39 is 0 Å². The standard InChI is InChI=1S/C14H15NS/c1-8-4-5-13-12(6-8)14-11(10(3)15-13)7-9(2)16-14/h4-6,9H,7H2,1-3H3/t9-/m1/s1. The van der Waals surface area contributed by atoms with Gasteiger partial charge in [-0.1, -0.05) is 18.6 Å². The number of benzene rings is 1. The van der Waals surface area contributed by atoms with E-state index in [2.05, 4.69) is 39.0 Å². The molecule has 0 unspecified atom stereocenters. The topological polar surface area (TPSA) is 12.9 Å². The van der Waals surface area contributed by atoms with Gasteiger partial charge in [0.25, 0.3) is 0 Å². The summed E-state index contributed by atoms with van der Waals surface area (Å²) >= 11 is 2.00. The summed E-state index contributed by atoms with van der Waals surface area (Å²) in [5.41, 5.74) is 5.14. The number of aromatic nitrogens is 1. The van der Waals surface area contributed by atoms with Crippen LogP contribution in [0.4, 0.5) is 0 Å². The van der Waals surface area contributed by atoms with E-state index in [-0.39, 0.29) is 0 Å². The van der Waals surface area contributed by atoms with Crippen molar-refractivity contribution in [1.29, 1.82) is 0 Å². The molecule has 3 rings (SSSR count). The third kappa shape index (κ3) is 1.44. The van der Waals surface area contributed by atoms with Gasteiger partial charge in [-0.25, -0.2) is 0 Å². The van der Waals surface area contributed by atoms with Crippen molar-refractivity contribution in [2.24, 2.45) is 0 Å². The molecule has 1 aliphatic rings. The van der Waals surface area contributed by atoms with Crippen LogP contribution >= 0.6 is 11.8 Å². The molecular weight excluding hydrogens is 214 g/mol. The van der Waals surface area contributed by atoms with Crippen molar-refractivity contribution < 1.29 is 0 Å². The smallest absolute Gasteiger partial charge is 0.0716 e. The van der Waals surface area contributed by atoms with E-state index in [1.54, 1.807) is 0 Å². The van der Waals surface area contributed by atoms with Crippen LogP contribution in [0.15, 0.2) is 23.1 Å². The molecule has 1 aromatic carbocycles. The predicted octanol–water partition coefficient (Wildman–Crippen LogP) is 3.89. The monoisotopic (exact) mass is 229 g/mol. The molecule has 1 aromatic heterocycles.